The highest BCUT2D eigenvalue weighted by Crippen LogP contribution is 2.30. The number of aromatic nitrogens is 2. The number of halogens is 1. The lowest BCUT2D eigenvalue weighted by Crippen LogP contribution is -2.11. The fourth-order valence-corrected chi connectivity index (χ4v) is 2.26. The lowest BCUT2D eigenvalue weighted by Gasteiger charge is -2.15. The molecule has 2 aromatic rings. The van der Waals surface area contributed by atoms with Crippen LogP contribution in [0.1, 0.15) is 32.0 Å². The van der Waals surface area contributed by atoms with Crippen LogP contribution in [-0.2, 0) is 5.41 Å². The predicted octanol–water partition coefficient (Wildman–Crippen LogP) is 4.03. The first-order valence-electron chi connectivity index (χ1n) is 5.90. The number of imidazole rings is 1. The molecule has 4 heteroatoms. The van der Waals surface area contributed by atoms with E-state index in [1.54, 1.807) is 0 Å². The monoisotopic (exact) mass is 307 g/mol. The minimum Gasteiger partial charge on any atom is -0.398 e. The van der Waals surface area contributed by atoms with Gasteiger partial charge in [0.25, 0.3) is 0 Å². The molecular formula is C14H18BrN3. The molecule has 0 saturated heterocycles. The largest absolute Gasteiger partial charge is 0.398 e. The van der Waals surface area contributed by atoms with Gasteiger partial charge in [0, 0.05) is 33.0 Å². The van der Waals surface area contributed by atoms with Crippen molar-refractivity contribution in [2.24, 2.45) is 0 Å². The molecule has 0 aliphatic rings. The van der Waals surface area contributed by atoms with E-state index in [2.05, 4.69) is 46.7 Å². The van der Waals surface area contributed by atoms with E-state index in [-0.39, 0.29) is 5.41 Å². The molecular weight excluding hydrogens is 290 g/mol. The van der Waals surface area contributed by atoms with Crippen LogP contribution in [0, 0.1) is 6.92 Å². The third-order valence-electron chi connectivity index (χ3n) is 3.05. The van der Waals surface area contributed by atoms with Crippen LogP contribution in [-0.4, -0.2) is 9.97 Å². The molecule has 0 amide bonds. The molecule has 0 unspecified atom stereocenters. The van der Waals surface area contributed by atoms with Crippen LogP contribution in [0.3, 0.4) is 0 Å². The summed E-state index contributed by atoms with van der Waals surface area (Å²) >= 11 is 3.47. The Balaban J connectivity index is 2.53. The zero-order valence-electron chi connectivity index (χ0n) is 11.1. The number of H-pyrrole nitrogens is 1. The smallest absolute Gasteiger partial charge is 0.137 e. The van der Waals surface area contributed by atoms with Gasteiger partial charge in [-0.3, -0.25) is 0 Å². The average Bonchev–Trinajstić information content (AvgIpc) is 2.71. The number of nitrogen functional groups attached to an aromatic ring is 1. The first kappa shape index (κ1) is 13.1. The topological polar surface area (TPSA) is 54.7 Å². The average molecular weight is 308 g/mol. The van der Waals surface area contributed by atoms with Crippen molar-refractivity contribution in [3.63, 3.8) is 0 Å². The van der Waals surface area contributed by atoms with Crippen LogP contribution >= 0.6 is 15.9 Å². The summed E-state index contributed by atoms with van der Waals surface area (Å²) in [7, 11) is 0. The number of nitrogens with zero attached hydrogens (tertiary/aromatic N) is 1. The number of nitrogens with two attached hydrogens (primary N) is 1. The minimum absolute atomic E-state index is 0.0662. The Morgan fingerprint density at radius 3 is 2.50 bits per heavy atom. The number of anilines is 1. The molecule has 96 valence electrons. The van der Waals surface area contributed by atoms with Crippen molar-refractivity contribution >= 4 is 21.6 Å². The summed E-state index contributed by atoms with van der Waals surface area (Å²) in [5.74, 6) is 0.866. The molecule has 3 nitrogen and oxygen atoms in total. The second-order valence-electron chi connectivity index (χ2n) is 5.56. The number of rotatable bonds is 1. The maximum absolute atomic E-state index is 5.98. The van der Waals surface area contributed by atoms with Gasteiger partial charge in [0.1, 0.15) is 5.82 Å². The Labute approximate surface area is 116 Å². The number of aromatic amines is 1. The molecule has 0 aliphatic carbocycles. The van der Waals surface area contributed by atoms with Gasteiger partial charge in [-0.1, -0.05) is 36.7 Å². The van der Waals surface area contributed by atoms with Gasteiger partial charge in [-0.05, 0) is 24.6 Å². The van der Waals surface area contributed by atoms with Crippen LogP contribution in [0.4, 0.5) is 5.69 Å². The molecule has 0 spiro atoms. The zero-order valence-corrected chi connectivity index (χ0v) is 12.7. The van der Waals surface area contributed by atoms with Crippen molar-refractivity contribution in [1.82, 2.24) is 9.97 Å². The Bertz CT molecular complexity index is 579. The predicted molar refractivity (Wildman–Crippen MR) is 79.6 cm³/mol. The fourth-order valence-electron chi connectivity index (χ4n) is 1.79. The quantitative estimate of drug-likeness (QED) is 0.782. The van der Waals surface area contributed by atoms with Gasteiger partial charge in [-0.15, -0.1) is 0 Å². The highest BCUT2D eigenvalue weighted by molar-refractivity contribution is 9.10. The summed E-state index contributed by atoms with van der Waals surface area (Å²) in [6.07, 6.45) is 1.89. The molecule has 0 fully saturated rings. The van der Waals surface area contributed by atoms with Crippen molar-refractivity contribution in [2.75, 3.05) is 5.73 Å². The van der Waals surface area contributed by atoms with Gasteiger partial charge >= 0.3 is 0 Å². The molecule has 0 bridgehead atoms. The first-order chi connectivity index (χ1) is 8.29. The van der Waals surface area contributed by atoms with E-state index in [4.69, 9.17) is 5.73 Å². The molecule has 0 aliphatic heterocycles. The van der Waals surface area contributed by atoms with Crippen molar-refractivity contribution in [3.8, 4) is 11.4 Å². The van der Waals surface area contributed by atoms with Crippen molar-refractivity contribution in [3.05, 3.63) is 34.1 Å². The van der Waals surface area contributed by atoms with E-state index in [9.17, 15) is 0 Å². The van der Waals surface area contributed by atoms with Crippen molar-refractivity contribution in [1.29, 1.82) is 0 Å². The standard InChI is InChI=1S/C14H18BrN3/c1-8-10(5-9(15)6-11(8)16)13-17-7-12(18-13)14(2,3)4/h5-7H,16H2,1-4H3,(H,17,18). The molecule has 0 atom stereocenters. The molecule has 0 saturated carbocycles. The molecule has 0 radical (unpaired) electrons. The molecule has 18 heavy (non-hydrogen) atoms. The summed E-state index contributed by atoms with van der Waals surface area (Å²) in [5, 5.41) is 0. The van der Waals surface area contributed by atoms with E-state index >= 15 is 0 Å². The molecule has 3 N–H and O–H groups in total. The van der Waals surface area contributed by atoms with E-state index in [1.165, 1.54) is 0 Å². The second kappa shape index (κ2) is 4.43. The lowest BCUT2D eigenvalue weighted by molar-refractivity contribution is 0.573. The van der Waals surface area contributed by atoms with E-state index in [0.717, 1.165) is 32.8 Å². The lowest BCUT2D eigenvalue weighted by atomic mass is 9.93. The summed E-state index contributed by atoms with van der Waals surface area (Å²) < 4.78 is 0.967. The van der Waals surface area contributed by atoms with Crippen LogP contribution < -0.4 is 5.73 Å². The second-order valence-corrected chi connectivity index (χ2v) is 6.48. The fraction of sp³-hybridized carbons (Fsp3) is 0.357. The molecule has 1 heterocycles. The summed E-state index contributed by atoms with van der Waals surface area (Å²) in [5.41, 5.74) is 10.0. The molecule has 2 rings (SSSR count). The zero-order chi connectivity index (χ0) is 13.5. The Morgan fingerprint density at radius 2 is 1.94 bits per heavy atom. The Hall–Kier alpha value is -1.29. The number of hydrogen-bond acceptors (Lipinski definition) is 2. The van der Waals surface area contributed by atoms with Crippen molar-refractivity contribution in [2.45, 2.75) is 33.1 Å². The van der Waals surface area contributed by atoms with Gasteiger partial charge in [0.2, 0.25) is 0 Å². The Kier molecular flexibility index (Phi) is 3.23. The normalized spacial score (nSPS) is 11.8. The maximum atomic E-state index is 5.98. The first-order valence-corrected chi connectivity index (χ1v) is 6.70. The maximum Gasteiger partial charge on any atom is 0.137 e. The number of nitrogens with one attached hydrogen (secondary N) is 1. The summed E-state index contributed by atoms with van der Waals surface area (Å²) in [4.78, 5) is 7.84. The van der Waals surface area contributed by atoms with Gasteiger partial charge in [0.05, 0.1) is 0 Å². The van der Waals surface area contributed by atoms with Crippen LogP contribution in [0.25, 0.3) is 11.4 Å². The number of benzene rings is 1. The minimum atomic E-state index is 0.0662. The summed E-state index contributed by atoms with van der Waals surface area (Å²) in [6, 6.07) is 3.95. The van der Waals surface area contributed by atoms with Gasteiger partial charge in [0.15, 0.2) is 0 Å². The van der Waals surface area contributed by atoms with Crippen molar-refractivity contribution < 1.29 is 0 Å². The third kappa shape index (κ3) is 2.43. The highest BCUT2D eigenvalue weighted by Gasteiger charge is 2.18. The Morgan fingerprint density at radius 1 is 1.28 bits per heavy atom. The SMILES string of the molecule is Cc1c(N)cc(Br)cc1-c1ncc(C(C)(C)C)[nH]1. The highest BCUT2D eigenvalue weighted by atomic mass is 79.9. The summed E-state index contributed by atoms with van der Waals surface area (Å²) in [6.45, 7) is 8.49. The van der Waals surface area contributed by atoms with Crippen LogP contribution in [0.5, 0.6) is 0 Å². The van der Waals surface area contributed by atoms with E-state index in [0.29, 0.717) is 0 Å². The third-order valence-corrected chi connectivity index (χ3v) is 3.51. The van der Waals surface area contributed by atoms with Gasteiger partial charge in [-0.25, -0.2) is 4.98 Å². The number of hydrogen-bond donors (Lipinski definition) is 2. The van der Waals surface area contributed by atoms with Gasteiger partial charge < -0.3 is 10.7 Å². The molecule has 1 aromatic heterocycles. The van der Waals surface area contributed by atoms with E-state index in [1.807, 2.05) is 25.3 Å². The van der Waals surface area contributed by atoms with Crippen LogP contribution in [0.15, 0.2) is 22.8 Å². The van der Waals surface area contributed by atoms with Crippen LogP contribution in [0.2, 0.25) is 0 Å². The van der Waals surface area contributed by atoms with E-state index < -0.39 is 0 Å². The molecule has 1 aromatic carbocycles. The van der Waals surface area contributed by atoms with Gasteiger partial charge in [-0.2, -0.15) is 0 Å².